The Hall–Kier alpha value is -2.97. The highest BCUT2D eigenvalue weighted by atomic mass is 16.1. The summed E-state index contributed by atoms with van der Waals surface area (Å²) in [7, 11) is 4.11. The van der Waals surface area contributed by atoms with Crippen LogP contribution >= 0.6 is 0 Å². The molecule has 0 radical (unpaired) electrons. The molecule has 0 unspecified atom stereocenters. The Kier molecular flexibility index (Phi) is 7.48. The van der Waals surface area contributed by atoms with Crippen LogP contribution in [0.4, 0.5) is 0 Å². The number of hydrogen-bond acceptors (Lipinski definition) is 5. The maximum Gasteiger partial charge on any atom is 0.253 e. The summed E-state index contributed by atoms with van der Waals surface area (Å²) in [5.41, 5.74) is 4.78. The van der Waals surface area contributed by atoms with Gasteiger partial charge in [-0.1, -0.05) is 12.8 Å². The first-order chi connectivity index (χ1) is 16.3. The number of H-pyrrole nitrogens is 1. The van der Waals surface area contributed by atoms with Crippen molar-refractivity contribution in [2.75, 3.05) is 27.2 Å². The van der Waals surface area contributed by atoms with E-state index in [9.17, 15) is 9.59 Å². The van der Waals surface area contributed by atoms with E-state index in [2.05, 4.69) is 45.4 Å². The van der Waals surface area contributed by atoms with E-state index in [1.807, 2.05) is 32.2 Å². The number of fused-ring (bicyclic) bond motifs is 1. The molecule has 0 spiro atoms. The Balaban J connectivity index is 1.61. The van der Waals surface area contributed by atoms with Gasteiger partial charge in [-0.2, -0.15) is 5.10 Å². The first-order valence-corrected chi connectivity index (χ1v) is 12.2. The number of amides is 1. The number of hydrogen-bond donors (Lipinski definition) is 3. The molecule has 34 heavy (non-hydrogen) atoms. The fourth-order valence-corrected chi connectivity index (χ4v) is 4.83. The lowest BCUT2D eigenvalue weighted by molar-refractivity contribution is 0.0952. The highest BCUT2D eigenvalue weighted by Crippen LogP contribution is 2.33. The maximum absolute atomic E-state index is 13.3. The van der Waals surface area contributed by atoms with Crippen LogP contribution in [-0.4, -0.2) is 52.8 Å². The number of carbonyl (C=O) groups is 1. The molecule has 3 aromatic rings. The molecule has 1 aliphatic carbocycles. The number of pyridine rings is 1. The van der Waals surface area contributed by atoms with E-state index in [-0.39, 0.29) is 18.0 Å². The standard InChI is InChI=1S/C26H36N6O2/c1-17-11-18(2)30-26(34)22(17)15-28-25(33)21-12-19(14-27-9-10-31(3)4)13-24-23(21)16-29-32(24)20-7-5-6-8-20/h11-13,16,20,27H,5-10,14-15H2,1-4H3,(H,28,33)(H,30,34). The number of aromatic nitrogens is 3. The zero-order valence-corrected chi connectivity index (χ0v) is 20.7. The fourth-order valence-electron chi connectivity index (χ4n) is 4.83. The van der Waals surface area contributed by atoms with Gasteiger partial charge in [0.2, 0.25) is 0 Å². The Bertz CT molecular complexity index is 1220. The number of nitrogens with zero attached hydrogens (tertiary/aromatic N) is 3. The molecule has 182 valence electrons. The largest absolute Gasteiger partial charge is 0.348 e. The Morgan fingerprint density at radius 3 is 2.65 bits per heavy atom. The van der Waals surface area contributed by atoms with E-state index < -0.39 is 0 Å². The van der Waals surface area contributed by atoms with E-state index in [4.69, 9.17) is 5.10 Å². The third kappa shape index (κ3) is 5.39. The number of likely N-dealkylation sites (N-methyl/N-ethyl adjacent to an activating group) is 1. The lowest BCUT2D eigenvalue weighted by Gasteiger charge is -2.15. The number of aryl methyl sites for hydroxylation is 2. The van der Waals surface area contributed by atoms with Gasteiger partial charge in [-0.15, -0.1) is 0 Å². The van der Waals surface area contributed by atoms with Gasteiger partial charge in [0.25, 0.3) is 11.5 Å². The second-order valence-electron chi connectivity index (χ2n) is 9.71. The molecule has 0 atom stereocenters. The van der Waals surface area contributed by atoms with Crippen LogP contribution in [-0.2, 0) is 13.1 Å². The summed E-state index contributed by atoms with van der Waals surface area (Å²) in [6, 6.07) is 6.42. The SMILES string of the molecule is Cc1cc(C)c(CNC(=O)c2cc(CNCCN(C)C)cc3c2cnn3C2CCCC2)c(=O)[nH]1. The topological polar surface area (TPSA) is 95.1 Å². The molecule has 0 aliphatic heterocycles. The third-order valence-electron chi connectivity index (χ3n) is 6.68. The molecule has 1 aliphatic rings. The predicted octanol–water partition coefficient (Wildman–Crippen LogP) is 3.04. The summed E-state index contributed by atoms with van der Waals surface area (Å²) in [6.45, 7) is 6.42. The number of rotatable bonds is 9. The van der Waals surface area contributed by atoms with Crippen molar-refractivity contribution in [2.45, 2.75) is 58.7 Å². The summed E-state index contributed by atoms with van der Waals surface area (Å²) in [6.07, 6.45) is 6.50. The molecule has 1 amide bonds. The van der Waals surface area contributed by atoms with E-state index in [1.165, 1.54) is 12.8 Å². The molecule has 2 aromatic heterocycles. The van der Waals surface area contributed by atoms with Gasteiger partial charge in [0.05, 0.1) is 23.3 Å². The minimum atomic E-state index is -0.189. The van der Waals surface area contributed by atoms with E-state index in [0.717, 1.165) is 53.7 Å². The third-order valence-corrected chi connectivity index (χ3v) is 6.68. The first kappa shape index (κ1) is 24.2. The number of nitrogens with one attached hydrogen (secondary N) is 3. The van der Waals surface area contributed by atoms with Crippen molar-refractivity contribution in [3.63, 3.8) is 0 Å². The zero-order chi connectivity index (χ0) is 24.2. The summed E-state index contributed by atoms with van der Waals surface area (Å²) < 4.78 is 2.11. The number of benzene rings is 1. The maximum atomic E-state index is 13.3. The molecule has 1 aromatic carbocycles. The van der Waals surface area contributed by atoms with Crippen LogP contribution in [0.3, 0.4) is 0 Å². The van der Waals surface area contributed by atoms with Crippen LogP contribution in [0.1, 0.15) is 64.5 Å². The van der Waals surface area contributed by atoms with Gasteiger partial charge in [-0.05, 0) is 70.1 Å². The van der Waals surface area contributed by atoms with Crippen molar-refractivity contribution >= 4 is 16.8 Å². The van der Waals surface area contributed by atoms with Crippen molar-refractivity contribution in [2.24, 2.45) is 0 Å². The first-order valence-electron chi connectivity index (χ1n) is 12.2. The molecule has 4 rings (SSSR count). The molecule has 0 bridgehead atoms. The lowest BCUT2D eigenvalue weighted by Crippen LogP contribution is -2.28. The molecular weight excluding hydrogens is 428 g/mol. The Labute approximate surface area is 200 Å². The summed E-state index contributed by atoms with van der Waals surface area (Å²) in [5.74, 6) is -0.189. The second-order valence-corrected chi connectivity index (χ2v) is 9.71. The molecule has 1 fully saturated rings. The van der Waals surface area contributed by atoms with Gasteiger partial charge in [0.1, 0.15) is 0 Å². The summed E-state index contributed by atoms with van der Waals surface area (Å²) >= 11 is 0. The molecule has 8 nitrogen and oxygen atoms in total. The van der Waals surface area contributed by atoms with Gasteiger partial charge >= 0.3 is 0 Å². The Morgan fingerprint density at radius 1 is 1.18 bits per heavy atom. The summed E-state index contributed by atoms with van der Waals surface area (Å²) in [4.78, 5) is 30.7. The van der Waals surface area contributed by atoms with Crippen LogP contribution in [0.2, 0.25) is 0 Å². The smallest absolute Gasteiger partial charge is 0.253 e. The molecule has 2 heterocycles. The van der Waals surface area contributed by atoms with E-state index in [1.54, 1.807) is 0 Å². The monoisotopic (exact) mass is 464 g/mol. The quantitative estimate of drug-likeness (QED) is 0.423. The van der Waals surface area contributed by atoms with Crippen LogP contribution in [0.25, 0.3) is 10.9 Å². The molecular formula is C26H36N6O2. The van der Waals surface area contributed by atoms with Gasteiger partial charge < -0.3 is 20.5 Å². The molecule has 0 saturated heterocycles. The van der Waals surface area contributed by atoms with Crippen molar-refractivity contribution in [1.29, 1.82) is 0 Å². The van der Waals surface area contributed by atoms with Crippen LogP contribution in [0, 0.1) is 13.8 Å². The average Bonchev–Trinajstić information content (AvgIpc) is 3.44. The highest BCUT2D eigenvalue weighted by molar-refractivity contribution is 6.06. The van der Waals surface area contributed by atoms with Crippen molar-refractivity contribution in [3.8, 4) is 0 Å². The molecule has 8 heteroatoms. The number of carbonyl (C=O) groups excluding carboxylic acids is 1. The van der Waals surface area contributed by atoms with Crippen molar-refractivity contribution in [1.82, 2.24) is 30.3 Å². The predicted molar refractivity (Wildman–Crippen MR) is 135 cm³/mol. The van der Waals surface area contributed by atoms with Crippen LogP contribution in [0.5, 0.6) is 0 Å². The van der Waals surface area contributed by atoms with Crippen molar-refractivity contribution in [3.05, 3.63) is 62.7 Å². The molecule has 3 N–H and O–H groups in total. The van der Waals surface area contributed by atoms with Gasteiger partial charge in [0.15, 0.2) is 0 Å². The Morgan fingerprint density at radius 2 is 1.94 bits per heavy atom. The number of aromatic amines is 1. The van der Waals surface area contributed by atoms with Gasteiger partial charge in [0, 0.05) is 42.8 Å². The minimum absolute atomic E-state index is 0.157. The lowest BCUT2D eigenvalue weighted by atomic mass is 10.0. The van der Waals surface area contributed by atoms with Crippen LogP contribution in [0.15, 0.2) is 29.2 Å². The van der Waals surface area contributed by atoms with E-state index in [0.29, 0.717) is 23.7 Å². The second kappa shape index (κ2) is 10.5. The van der Waals surface area contributed by atoms with Gasteiger partial charge in [-0.25, -0.2) is 0 Å². The van der Waals surface area contributed by atoms with E-state index >= 15 is 0 Å². The molecule has 1 saturated carbocycles. The minimum Gasteiger partial charge on any atom is -0.348 e. The zero-order valence-electron chi connectivity index (χ0n) is 20.7. The highest BCUT2D eigenvalue weighted by Gasteiger charge is 2.22. The normalized spacial score (nSPS) is 14.4. The van der Waals surface area contributed by atoms with Gasteiger partial charge in [-0.3, -0.25) is 14.3 Å². The van der Waals surface area contributed by atoms with Crippen LogP contribution < -0.4 is 16.2 Å². The van der Waals surface area contributed by atoms with Crippen molar-refractivity contribution < 1.29 is 4.79 Å². The average molecular weight is 465 g/mol. The summed E-state index contributed by atoms with van der Waals surface area (Å²) in [5, 5.41) is 12.0. The fraction of sp³-hybridized carbons (Fsp3) is 0.500.